The highest BCUT2D eigenvalue weighted by Crippen LogP contribution is 2.66. The molecule has 2 saturated heterocycles. The van der Waals surface area contributed by atoms with Gasteiger partial charge in [0.25, 0.3) is 11.8 Å². The number of phenolic OH excluding ortho intramolecular Hbond substituents is 1. The number of halogens is 3. The summed E-state index contributed by atoms with van der Waals surface area (Å²) in [6, 6.07) is 3.05. The molecule has 6 atom stereocenters. The van der Waals surface area contributed by atoms with Gasteiger partial charge in [-0.25, -0.2) is 4.79 Å². The van der Waals surface area contributed by atoms with E-state index in [0.29, 0.717) is 16.0 Å². The highest BCUT2D eigenvalue weighted by atomic mass is 79.9. The number of phenols is 1. The fourth-order valence-electron chi connectivity index (χ4n) is 6.25. The number of urea groups is 1. The van der Waals surface area contributed by atoms with Crippen LogP contribution >= 0.6 is 39.1 Å². The Morgan fingerprint density at radius 3 is 2.50 bits per heavy atom. The van der Waals surface area contributed by atoms with Gasteiger partial charge in [0, 0.05) is 17.5 Å². The van der Waals surface area contributed by atoms with Crippen molar-refractivity contribution in [2.45, 2.75) is 28.5 Å². The summed E-state index contributed by atoms with van der Waals surface area (Å²) in [5, 5.41) is 10.0. The summed E-state index contributed by atoms with van der Waals surface area (Å²) >= 11 is 17.3. The summed E-state index contributed by atoms with van der Waals surface area (Å²) in [5.41, 5.74) is 6.04. The number of ether oxygens (including phenoxy) is 1. The van der Waals surface area contributed by atoms with Gasteiger partial charge < -0.3 is 15.6 Å². The Kier molecular flexibility index (Phi) is 5.70. The van der Waals surface area contributed by atoms with E-state index < -0.39 is 63.1 Å². The third-order valence-electron chi connectivity index (χ3n) is 7.76. The van der Waals surface area contributed by atoms with Gasteiger partial charge in [0.2, 0.25) is 11.8 Å². The first-order chi connectivity index (χ1) is 16.9. The van der Waals surface area contributed by atoms with Gasteiger partial charge in [0.15, 0.2) is 9.75 Å². The fourth-order valence-corrected chi connectivity index (χ4v) is 7.67. The molecule has 3 fully saturated rings. The molecule has 3 N–H and O–H groups in total. The van der Waals surface area contributed by atoms with Crippen molar-refractivity contribution in [2.24, 2.45) is 23.5 Å². The van der Waals surface area contributed by atoms with Crippen LogP contribution in [0, 0.1) is 17.8 Å². The number of aromatic hydroxyl groups is 1. The first kappa shape index (κ1) is 25.0. The number of nitrogens with two attached hydrogens (primary N) is 1. The van der Waals surface area contributed by atoms with E-state index in [1.54, 1.807) is 6.08 Å². The topological polar surface area (TPSA) is 147 Å². The molecule has 0 radical (unpaired) electrons. The van der Waals surface area contributed by atoms with Crippen LogP contribution in [0.5, 0.6) is 11.5 Å². The zero-order valence-electron chi connectivity index (χ0n) is 18.7. The molecule has 5 rings (SSSR count). The first-order valence-corrected chi connectivity index (χ1v) is 12.9. The standard InChI is InChI=1S/C23H20BrCl2N3O7/c1-36-14-6-9(30)2-3-11(14)16-10-4-5-12-15(18(32)29(17(12)31)21(27)35)13(10)7-22(25)19(33)28(8-24)20(34)23(16,22)26/h2-4,6,12-13,15-16,30H,5,7-8H2,1H3,(H2,27,35). The van der Waals surface area contributed by atoms with Crippen molar-refractivity contribution in [3.8, 4) is 11.5 Å². The minimum atomic E-state index is -2.01. The number of rotatable bonds is 3. The second kappa shape index (κ2) is 8.19. The molecule has 13 heteroatoms. The molecule has 6 unspecified atom stereocenters. The van der Waals surface area contributed by atoms with Crippen molar-refractivity contribution in [3.05, 3.63) is 35.4 Å². The maximum atomic E-state index is 13.7. The molecule has 10 nitrogen and oxygen atoms in total. The van der Waals surface area contributed by atoms with E-state index in [2.05, 4.69) is 15.9 Å². The molecule has 4 aliphatic rings. The Bertz CT molecular complexity index is 1290. The number of benzene rings is 1. The van der Waals surface area contributed by atoms with Crippen molar-refractivity contribution >= 4 is 68.8 Å². The molecule has 0 spiro atoms. The minimum Gasteiger partial charge on any atom is -0.508 e. The smallest absolute Gasteiger partial charge is 0.328 e. The Morgan fingerprint density at radius 1 is 1.19 bits per heavy atom. The van der Waals surface area contributed by atoms with Crippen molar-refractivity contribution in [1.82, 2.24) is 9.80 Å². The largest absolute Gasteiger partial charge is 0.508 e. The summed E-state index contributed by atoms with van der Waals surface area (Å²) in [4.78, 5) is 62.6. The van der Waals surface area contributed by atoms with Crippen LogP contribution in [-0.2, 0) is 19.2 Å². The molecule has 2 heterocycles. The third-order valence-corrected chi connectivity index (χ3v) is 9.68. The van der Waals surface area contributed by atoms with Crippen LogP contribution in [0.2, 0.25) is 0 Å². The Balaban J connectivity index is 1.76. The van der Waals surface area contributed by atoms with E-state index >= 15 is 0 Å². The van der Waals surface area contributed by atoms with E-state index in [0.717, 1.165) is 4.90 Å². The maximum absolute atomic E-state index is 13.7. The normalized spacial score (nSPS) is 35.4. The predicted octanol–water partition coefficient (Wildman–Crippen LogP) is 2.19. The van der Waals surface area contributed by atoms with E-state index in [1.807, 2.05) is 0 Å². The Morgan fingerprint density at radius 2 is 1.89 bits per heavy atom. The molecule has 6 amide bonds. The van der Waals surface area contributed by atoms with Crippen molar-refractivity contribution in [2.75, 3.05) is 12.6 Å². The van der Waals surface area contributed by atoms with Crippen LogP contribution in [0.3, 0.4) is 0 Å². The monoisotopic (exact) mass is 599 g/mol. The quantitative estimate of drug-likeness (QED) is 0.234. The van der Waals surface area contributed by atoms with Crippen molar-refractivity contribution in [3.63, 3.8) is 0 Å². The Labute approximate surface area is 223 Å². The number of allylic oxidation sites excluding steroid dienone is 2. The lowest BCUT2D eigenvalue weighted by Gasteiger charge is -2.50. The van der Waals surface area contributed by atoms with Gasteiger partial charge in [-0.05, 0) is 24.8 Å². The number of methoxy groups -OCH3 is 1. The van der Waals surface area contributed by atoms with Crippen LogP contribution in [0.4, 0.5) is 4.79 Å². The molecule has 2 aliphatic heterocycles. The minimum absolute atomic E-state index is 0.0916. The number of alkyl halides is 3. The molecule has 1 aromatic carbocycles. The lowest BCUT2D eigenvalue weighted by molar-refractivity contribution is -0.139. The van der Waals surface area contributed by atoms with E-state index in [4.69, 9.17) is 33.7 Å². The van der Waals surface area contributed by atoms with Gasteiger partial charge >= 0.3 is 6.03 Å². The number of hydrogen-bond acceptors (Lipinski definition) is 7. The maximum Gasteiger partial charge on any atom is 0.328 e. The van der Waals surface area contributed by atoms with Gasteiger partial charge in [-0.3, -0.25) is 24.1 Å². The van der Waals surface area contributed by atoms with Gasteiger partial charge in [-0.2, -0.15) is 4.90 Å². The lowest BCUT2D eigenvalue weighted by atomic mass is 9.56. The number of fused-ring (bicyclic) bond motifs is 4. The lowest BCUT2D eigenvalue weighted by Crippen LogP contribution is -2.60. The van der Waals surface area contributed by atoms with Crippen LogP contribution in [-0.4, -0.2) is 66.9 Å². The SMILES string of the molecule is COc1cc(O)ccc1C1C2=CCC3C(=O)N(C(N)=O)C(=O)C3C2CC2(Cl)C(=O)N(CBr)C(=O)C12Cl. The number of carbonyl (C=O) groups excluding carboxylic acids is 5. The number of nitrogens with zero attached hydrogens (tertiary/aromatic N) is 2. The van der Waals surface area contributed by atoms with Gasteiger partial charge in [-0.15, -0.1) is 23.2 Å². The summed E-state index contributed by atoms with van der Waals surface area (Å²) in [7, 11) is 1.37. The molecule has 36 heavy (non-hydrogen) atoms. The molecular weight excluding hydrogens is 581 g/mol. The zero-order valence-corrected chi connectivity index (χ0v) is 21.8. The molecule has 190 valence electrons. The van der Waals surface area contributed by atoms with E-state index in [1.165, 1.54) is 25.3 Å². The van der Waals surface area contributed by atoms with Crippen LogP contribution in [0.1, 0.15) is 24.3 Å². The zero-order chi connectivity index (χ0) is 26.3. The molecule has 2 aliphatic carbocycles. The van der Waals surface area contributed by atoms with Gasteiger partial charge in [0.05, 0.1) is 24.4 Å². The van der Waals surface area contributed by atoms with Gasteiger partial charge in [-0.1, -0.05) is 33.6 Å². The second-order valence-corrected chi connectivity index (χ2v) is 11.0. The summed E-state index contributed by atoms with van der Waals surface area (Å²) in [6.45, 7) is 0. The number of primary amides is 1. The number of hydrogen-bond donors (Lipinski definition) is 2. The van der Waals surface area contributed by atoms with Crippen LogP contribution in [0.15, 0.2) is 29.8 Å². The average Bonchev–Trinajstić information content (AvgIpc) is 3.17. The number of amides is 6. The summed E-state index contributed by atoms with van der Waals surface area (Å²) < 4.78 is 5.48. The molecule has 0 bridgehead atoms. The number of likely N-dealkylation sites (tertiary alicyclic amines) is 2. The number of carbonyl (C=O) groups is 5. The second-order valence-electron chi connectivity index (χ2n) is 9.26. The van der Waals surface area contributed by atoms with Crippen LogP contribution in [0.25, 0.3) is 0 Å². The van der Waals surface area contributed by atoms with E-state index in [9.17, 15) is 29.1 Å². The number of imide groups is 4. The third kappa shape index (κ3) is 2.93. The van der Waals surface area contributed by atoms with Crippen molar-refractivity contribution in [1.29, 1.82) is 0 Å². The molecular formula is C23H20BrCl2N3O7. The summed E-state index contributed by atoms with van der Waals surface area (Å²) in [6.07, 6.45) is 1.59. The molecule has 1 aromatic rings. The Hall–Kier alpha value is -2.63. The van der Waals surface area contributed by atoms with Gasteiger partial charge in [0.1, 0.15) is 11.5 Å². The predicted molar refractivity (Wildman–Crippen MR) is 129 cm³/mol. The molecule has 0 aromatic heterocycles. The first-order valence-electron chi connectivity index (χ1n) is 11.0. The van der Waals surface area contributed by atoms with Crippen molar-refractivity contribution < 1.29 is 33.8 Å². The summed E-state index contributed by atoms with van der Waals surface area (Å²) in [5.74, 6) is -6.63. The van der Waals surface area contributed by atoms with Crippen LogP contribution < -0.4 is 10.5 Å². The average molecular weight is 601 g/mol. The highest BCUT2D eigenvalue weighted by molar-refractivity contribution is 9.09. The molecule has 1 saturated carbocycles. The highest BCUT2D eigenvalue weighted by Gasteiger charge is 2.76. The fraction of sp³-hybridized carbons (Fsp3) is 0.435. The van der Waals surface area contributed by atoms with E-state index in [-0.39, 0.29) is 29.8 Å².